The second-order valence-corrected chi connectivity index (χ2v) is 8.41. The first-order valence-corrected chi connectivity index (χ1v) is 10.9. The third-order valence-corrected chi connectivity index (χ3v) is 5.71. The molecule has 0 atom stereocenters. The second-order valence-electron chi connectivity index (χ2n) is 7.97. The Morgan fingerprint density at radius 1 is 1.09 bits per heavy atom. The zero-order chi connectivity index (χ0) is 22.9. The quantitative estimate of drug-likeness (QED) is 0.409. The first kappa shape index (κ1) is 21.0. The van der Waals surface area contributed by atoms with Crippen LogP contribution in [0.25, 0.3) is 16.9 Å². The van der Waals surface area contributed by atoms with Gasteiger partial charge in [0, 0.05) is 16.1 Å². The molecule has 8 nitrogen and oxygen atoms in total. The predicted octanol–water partition coefficient (Wildman–Crippen LogP) is 3.71. The number of nitrogens with one attached hydrogen (secondary N) is 1. The fourth-order valence-corrected chi connectivity index (χ4v) is 3.85. The van der Waals surface area contributed by atoms with Crippen LogP contribution in [0.2, 0.25) is 5.02 Å². The first-order valence-electron chi connectivity index (χ1n) is 10.6. The Morgan fingerprint density at radius 3 is 2.55 bits per heavy atom. The lowest BCUT2D eigenvalue weighted by molar-refractivity contribution is -0.129. The highest BCUT2D eigenvalue weighted by atomic mass is 35.5. The molecular weight excluding hydrogens is 440 g/mol. The number of nitrogens with two attached hydrogens (primary N) is 1. The van der Waals surface area contributed by atoms with Crippen LogP contribution in [0.3, 0.4) is 0 Å². The highest BCUT2D eigenvalue weighted by molar-refractivity contribution is 6.30. The molecule has 0 aliphatic heterocycles. The number of hydrogen-bond donors (Lipinski definition) is 2. The molecule has 0 bridgehead atoms. The summed E-state index contributed by atoms with van der Waals surface area (Å²) < 4.78 is 1.73. The average Bonchev–Trinajstić information content (AvgIpc) is 3.56. The standard InChI is InChI=1S/C24H21ClN6O2/c25-18-4-1-3-17(14-18)20-5-2-6-21-27-24(29-31(20)21)28-30(19-11-12-19)22(32)13-15-7-9-16(10-8-15)23(26)33/h1-10,14,19H,11-13H2,(H2,26,33)(H,28,29). The van der Waals surface area contributed by atoms with Crippen LogP contribution in [0.15, 0.2) is 66.7 Å². The molecule has 33 heavy (non-hydrogen) atoms. The van der Waals surface area contributed by atoms with E-state index in [1.807, 2.05) is 42.5 Å². The van der Waals surface area contributed by atoms with Crippen LogP contribution in [0, 0.1) is 0 Å². The van der Waals surface area contributed by atoms with Crippen molar-refractivity contribution < 1.29 is 9.59 Å². The molecule has 2 heterocycles. The number of aromatic nitrogens is 3. The molecule has 166 valence electrons. The number of hydrogen-bond acceptors (Lipinski definition) is 5. The number of halogens is 1. The molecule has 5 rings (SSSR count). The lowest BCUT2D eigenvalue weighted by Crippen LogP contribution is -2.39. The molecule has 4 aromatic rings. The van der Waals surface area contributed by atoms with Crippen LogP contribution in [0.1, 0.15) is 28.8 Å². The molecule has 1 aliphatic rings. The van der Waals surface area contributed by atoms with Gasteiger partial charge in [0.25, 0.3) is 5.95 Å². The number of hydrazine groups is 1. The van der Waals surface area contributed by atoms with Gasteiger partial charge in [0.05, 0.1) is 18.2 Å². The molecule has 9 heteroatoms. The van der Waals surface area contributed by atoms with Crippen LogP contribution >= 0.6 is 11.6 Å². The van der Waals surface area contributed by atoms with E-state index in [1.165, 1.54) is 0 Å². The maximum atomic E-state index is 13.1. The minimum absolute atomic E-state index is 0.0985. The summed E-state index contributed by atoms with van der Waals surface area (Å²) >= 11 is 6.16. The largest absolute Gasteiger partial charge is 0.366 e. The highest BCUT2D eigenvalue weighted by Gasteiger charge is 2.33. The van der Waals surface area contributed by atoms with E-state index in [9.17, 15) is 9.59 Å². The molecule has 1 aliphatic carbocycles. The van der Waals surface area contributed by atoms with E-state index in [2.05, 4.69) is 15.5 Å². The number of pyridine rings is 1. The summed E-state index contributed by atoms with van der Waals surface area (Å²) in [5.74, 6) is -0.253. The highest BCUT2D eigenvalue weighted by Crippen LogP contribution is 2.28. The second kappa shape index (κ2) is 8.55. The van der Waals surface area contributed by atoms with E-state index in [4.69, 9.17) is 17.3 Å². The Labute approximate surface area is 195 Å². The number of carbonyl (C=O) groups is 2. The van der Waals surface area contributed by atoms with E-state index in [-0.39, 0.29) is 18.4 Å². The van der Waals surface area contributed by atoms with Crippen molar-refractivity contribution in [2.24, 2.45) is 5.73 Å². The number of carbonyl (C=O) groups excluding carboxylic acids is 2. The SMILES string of the molecule is NC(=O)c1ccc(CC(=O)N(Nc2nc3cccc(-c4cccc(Cl)c4)n3n2)C2CC2)cc1. The van der Waals surface area contributed by atoms with Gasteiger partial charge in [0.15, 0.2) is 5.65 Å². The van der Waals surface area contributed by atoms with E-state index < -0.39 is 5.91 Å². The minimum atomic E-state index is -0.496. The zero-order valence-electron chi connectivity index (χ0n) is 17.6. The Kier molecular flexibility index (Phi) is 5.43. The van der Waals surface area contributed by atoms with Gasteiger partial charge in [0.1, 0.15) is 0 Å². The summed E-state index contributed by atoms with van der Waals surface area (Å²) in [7, 11) is 0. The predicted molar refractivity (Wildman–Crippen MR) is 126 cm³/mol. The van der Waals surface area contributed by atoms with Crippen molar-refractivity contribution in [2.45, 2.75) is 25.3 Å². The van der Waals surface area contributed by atoms with E-state index in [0.29, 0.717) is 22.2 Å². The molecule has 0 unspecified atom stereocenters. The average molecular weight is 461 g/mol. The van der Waals surface area contributed by atoms with Crippen molar-refractivity contribution in [1.82, 2.24) is 19.6 Å². The maximum absolute atomic E-state index is 13.1. The van der Waals surface area contributed by atoms with Gasteiger partial charge in [-0.3, -0.25) is 20.0 Å². The van der Waals surface area contributed by atoms with Gasteiger partial charge < -0.3 is 5.73 Å². The third kappa shape index (κ3) is 4.51. The topological polar surface area (TPSA) is 106 Å². The lowest BCUT2D eigenvalue weighted by Gasteiger charge is -2.22. The molecule has 0 saturated heterocycles. The Balaban J connectivity index is 1.38. The van der Waals surface area contributed by atoms with Gasteiger partial charge in [-0.15, -0.1) is 5.10 Å². The summed E-state index contributed by atoms with van der Waals surface area (Å²) in [4.78, 5) is 28.9. The van der Waals surface area contributed by atoms with Gasteiger partial charge >= 0.3 is 0 Å². The first-order chi connectivity index (χ1) is 16.0. The van der Waals surface area contributed by atoms with E-state index in [0.717, 1.165) is 29.7 Å². The summed E-state index contributed by atoms with van der Waals surface area (Å²) in [5, 5.41) is 6.84. The number of rotatable bonds is 7. The van der Waals surface area contributed by atoms with Crippen molar-refractivity contribution >= 4 is 35.0 Å². The number of nitrogens with zero attached hydrogens (tertiary/aromatic N) is 4. The Hall–Kier alpha value is -3.91. The molecule has 0 radical (unpaired) electrons. The van der Waals surface area contributed by atoms with Crippen LogP contribution in [0.4, 0.5) is 5.95 Å². The lowest BCUT2D eigenvalue weighted by atomic mass is 10.1. The monoisotopic (exact) mass is 460 g/mol. The summed E-state index contributed by atoms with van der Waals surface area (Å²) in [6, 6.07) is 20.1. The van der Waals surface area contributed by atoms with E-state index in [1.54, 1.807) is 33.8 Å². The summed E-state index contributed by atoms with van der Waals surface area (Å²) in [6.07, 6.45) is 2.02. The Bertz CT molecular complexity index is 1350. The van der Waals surface area contributed by atoms with Crippen LogP contribution in [-0.4, -0.2) is 37.5 Å². The van der Waals surface area contributed by atoms with Crippen LogP contribution < -0.4 is 11.2 Å². The molecule has 2 aromatic heterocycles. The van der Waals surface area contributed by atoms with Crippen molar-refractivity contribution in [3.63, 3.8) is 0 Å². The van der Waals surface area contributed by atoms with E-state index >= 15 is 0 Å². The maximum Gasteiger partial charge on any atom is 0.262 e. The smallest absolute Gasteiger partial charge is 0.262 e. The number of benzene rings is 2. The molecule has 1 fully saturated rings. The number of primary amides is 1. The van der Waals surface area contributed by atoms with Crippen molar-refractivity contribution in [1.29, 1.82) is 0 Å². The van der Waals surface area contributed by atoms with Crippen LogP contribution in [-0.2, 0) is 11.2 Å². The molecule has 0 spiro atoms. The van der Waals surface area contributed by atoms with Gasteiger partial charge in [-0.05, 0) is 54.8 Å². The summed E-state index contributed by atoms with van der Waals surface area (Å²) in [5.41, 5.74) is 12.0. The third-order valence-electron chi connectivity index (χ3n) is 5.48. The molecular formula is C24H21ClN6O2. The number of anilines is 1. The molecule has 2 amide bonds. The molecule has 3 N–H and O–H groups in total. The summed E-state index contributed by atoms with van der Waals surface area (Å²) in [6.45, 7) is 0. The van der Waals surface area contributed by atoms with Gasteiger partial charge in [-0.2, -0.15) is 4.98 Å². The Morgan fingerprint density at radius 2 is 1.85 bits per heavy atom. The number of fused-ring (bicyclic) bond motifs is 1. The van der Waals surface area contributed by atoms with Gasteiger partial charge in [-0.1, -0.05) is 41.9 Å². The van der Waals surface area contributed by atoms with Gasteiger partial charge in [-0.25, -0.2) is 4.52 Å². The van der Waals surface area contributed by atoms with Crippen LogP contribution in [0.5, 0.6) is 0 Å². The molecule has 1 saturated carbocycles. The van der Waals surface area contributed by atoms with Crippen molar-refractivity contribution in [3.05, 3.63) is 82.9 Å². The zero-order valence-corrected chi connectivity index (χ0v) is 18.4. The molecule has 2 aromatic carbocycles. The minimum Gasteiger partial charge on any atom is -0.366 e. The number of amides is 2. The van der Waals surface area contributed by atoms with Gasteiger partial charge in [0.2, 0.25) is 11.8 Å². The fourth-order valence-electron chi connectivity index (χ4n) is 3.66. The normalized spacial score (nSPS) is 13.1. The van der Waals surface area contributed by atoms with Crippen molar-refractivity contribution in [3.8, 4) is 11.3 Å². The fraction of sp³-hybridized carbons (Fsp3) is 0.167. The van der Waals surface area contributed by atoms with Crippen molar-refractivity contribution in [2.75, 3.05) is 5.43 Å².